The van der Waals surface area contributed by atoms with Crippen LogP contribution in [0.1, 0.15) is 0 Å². The summed E-state index contributed by atoms with van der Waals surface area (Å²) in [6.07, 6.45) is 0. The molecule has 0 aromatic carbocycles. The van der Waals surface area contributed by atoms with E-state index < -0.39 is 20.7 Å². The maximum absolute atomic E-state index is 11.2. The van der Waals surface area contributed by atoms with Gasteiger partial charge in [-0.25, -0.2) is 16.8 Å². The molecule has 10 heavy (non-hydrogen) atoms. The van der Waals surface area contributed by atoms with Crippen LogP contribution in [0.2, 0.25) is 0 Å². The first-order valence-electron chi connectivity index (χ1n) is 1.37. The molecule has 0 aliphatic rings. The minimum absolute atomic E-state index is 0. The van der Waals surface area contributed by atoms with Crippen molar-refractivity contribution in [3.8, 4) is 0 Å². The van der Waals surface area contributed by atoms with E-state index in [4.69, 9.17) is 4.55 Å². The summed E-state index contributed by atoms with van der Waals surface area (Å²) in [6, 6.07) is 0. The predicted molar refractivity (Wildman–Crippen MR) is 24.9 cm³/mol. The third kappa shape index (κ3) is 11.2. The molecule has 0 heterocycles. The summed E-state index contributed by atoms with van der Waals surface area (Å²) in [5.74, 6) is 0. The molecule has 0 unspecified atom stereocenters. The van der Waals surface area contributed by atoms with Crippen LogP contribution in [0.3, 0.4) is 0 Å². The number of halogens is 1. The zero-order valence-electron chi connectivity index (χ0n) is 4.72. The Hall–Kier alpha value is 0.347. The molecule has 0 saturated carbocycles. The van der Waals surface area contributed by atoms with E-state index in [9.17, 15) is 20.7 Å². The summed E-state index contributed by atoms with van der Waals surface area (Å²) < 4.78 is 57.4. The van der Waals surface area contributed by atoms with Crippen molar-refractivity contribution in [2.75, 3.05) is 0 Å². The Labute approximate surface area is 69.2 Å². The maximum atomic E-state index is 11.2. The van der Waals surface area contributed by atoms with Gasteiger partial charge in [-0.3, -0.25) is 4.55 Å². The van der Waals surface area contributed by atoms with Gasteiger partial charge in [0.05, 0.1) is 0 Å². The van der Waals surface area contributed by atoms with Gasteiger partial charge in [0.15, 0.2) is 0 Å². The van der Waals surface area contributed by atoms with E-state index in [1.165, 1.54) is 4.13 Å². The van der Waals surface area contributed by atoms with Gasteiger partial charge < -0.3 is 4.13 Å². The Morgan fingerprint density at radius 3 is 1.50 bits per heavy atom. The first kappa shape index (κ1) is 13.0. The quantitative estimate of drug-likeness (QED) is 0.272. The molecular formula is HFLiNO5S2. The van der Waals surface area contributed by atoms with Gasteiger partial charge in [-0.15, -0.1) is 3.89 Å². The Bertz CT molecular complexity index is 245. The van der Waals surface area contributed by atoms with Crippen molar-refractivity contribution >= 4 is 20.7 Å². The van der Waals surface area contributed by atoms with Gasteiger partial charge >= 0.3 is 18.9 Å². The molecule has 0 saturated heterocycles. The fourth-order valence-electron chi connectivity index (χ4n) is 0.113. The van der Waals surface area contributed by atoms with E-state index in [1.807, 2.05) is 0 Å². The van der Waals surface area contributed by atoms with Crippen LogP contribution in [-0.4, -0.2) is 21.4 Å². The molecule has 0 amide bonds. The Balaban J connectivity index is 0. The summed E-state index contributed by atoms with van der Waals surface area (Å²) in [7, 11) is -10.6. The SMILES string of the molecule is O=S(=O)(O)[N-]S(=O)(=O)F.[Li+]. The molecule has 0 aromatic heterocycles. The first-order valence-corrected chi connectivity index (χ1v) is 4.11. The van der Waals surface area contributed by atoms with Gasteiger partial charge in [-0.1, -0.05) is 0 Å². The molecule has 6 nitrogen and oxygen atoms in total. The van der Waals surface area contributed by atoms with Gasteiger partial charge in [0.25, 0.3) is 0 Å². The van der Waals surface area contributed by atoms with Crippen LogP contribution in [0.15, 0.2) is 0 Å². The summed E-state index contributed by atoms with van der Waals surface area (Å²) in [4.78, 5) is 0. The van der Waals surface area contributed by atoms with Crippen LogP contribution in [0.4, 0.5) is 3.89 Å². The number of hydrogen-bond donors (Lipinski definition) is 1. The topological polar surface area (TPSA) is 103 Å². The number of hydrogen-bond acceptors (Lipinski definition) is 4. The van der Waals surface area contributed by atoms with Gasteiger partial charge in [0.1, 0.15) is 0 Å². The van der Waals surface area contributed by atoms with Crippen molar-refractivity contribution in [2.45, 2.75) is 0 Å². The molecule has 10 heteroatoms. The minimum Gasteiger partial charge on any atom is -0.383 e. The average molecular weight is 185 g/mol. The van der Waals surface area contributed by atoms with E-state index in [-0.39, 0.29) is 18.9 Å². The molecule has 1 N–H and O–H groups in total. The summed E-state index contributed by atoms with van der Waals surface area (Å²) >= 11 is 0. The number of rotatable bonds is 2. The van der Waals surface area contributed by atoms with Crippen LogP contribution >= 0.6 is 0 Å². The zero-order chi connectivity index (χ0) is 7.71. The third-order valence-electron chi connectivity index (χ3n) is 0.183. The largest absolute Gasteiger partial charge is 1.00 e. The molecule has 0 aliphatic carbocycles. The molecule has 0 radical (unpaired) electrons. The van der Waals surface area contributed by atoms with E-state index in [0.29, 0.717) is 0 Å². The van der Waals surface area contributed by atoms with Crippen LogP contribution in [0, 0.1) is 0 Å². The summed E-state index contributed by atoms with van der Waals surface area (Å²) in [5, 5.41) is 0. The fraction of sp³-hybridized carbons (Fsp3) is 0. The monoisotopic (exact) mass is 185 g/mol. The van der Waals surface area contributed by atoms with Gasteiger partial charge in [-0.05, 0) is 0 Å². The first-order chi connectivity index (χ1) is 3.71. The minimum atomic E-state index is -5.49. The van der Waals surface area contributed by atoms with Crippen LogP contribution in [-0.2, 0) is 20.7 Å². The summed E-state index contributed by atoms with van der Waals surface area (Å²) in [6.45, 7) is 0. The Kier molecular flexibility index (Phi) is 4.74. The van der Waals surface area contributed by atoms with Crippen molar-refractivity contribution in [1.82, 2.24) is 0 Å². The number of nitrogens with zero attached hydrogens (tertiary/aromatic N) is 1. The van der Waals surface area contributed by atoms with E-state index in [2.05, 4.69) is 0 Å². The van der Waals surface area contributed by atoms with E-state index in [1.54, 1.807) is 0 Å². The van der Waals surface area contributed by atoms with Gasteiger partial charge in [0, 0.05) is 0 Å². The van der Waals surface area contributed by atoms with Gasteiger partial charge in [0.2, 0.25) is 20.7 Å². The van der Waals surface area contributed by atoms with E-state index >= 15 is 0 Å². The second-order valence-corrected chi connectivity index (χ2v) is 3.25. The van der Waals surface area contributed by atoms with Crippen LogP contribution in [0.5, 0.6) is 0 Å². The van der Waals surface area contributed by atoms with Crippen LogP contribution < -0.4 is 18.9 Å². The molecular weight excluding hydrogens is 184 g/mol. The molecule has 0 aliphatic heterocycles. The fourth-order valence-corrected chi connectivity index (χ4v) is 1.01. The van der Waals surface area contributed by atoms with Crippen molar-refractivity contribution in [3.05, 3.63) is 4.13 Å². The predicted octanol–water partition coefficient (Wildman–Crippen LogP) is -3.62. The molecule has 0 aromatic rings. The summed E-state index contributed by atoms with van der Waals surface area (Å²) in [5.41, 5.74) is 0. The Morgan fingerprint density at radius 2 is 1.50 bits per heavy atom. The normalized spacial score (nSPS) is 12.2. The van der Waals surface area contributed by atoms with Crippen molar-refractivity contribution < 1.29 is 44.1 Å². The average Bonchev–Trinajstić information content (AvgIpc) is 1.14. The Morgan fingerprint density at radius 1 is 1.20 bits per heavy atom. The zero-order valence-corrected chi connectivity index (χ0v) is 6.35. The molecule has 0 fully saturated rings. The molecule has 0 atom stereocenters. The standard InChI is InChI=1S/FHNO5S2.Li/c1-8(3,4)2-9(5,6)7;/h(H,5,6,7);/q-1;+1. The van der Waals surface area contributed by atoms with Crippen molar-refractivity contribution in [3.63, 3.8) is 0 Å². The van der Waals surface area contributed by atoms with Crippen LogP contribution in [0.25, 0.3) is 4.13 Å². The van der Waals surface area contributed by atoms with E-state index in [0.717, 1.165) is 0 Å². The molecule has 0 rings (SSSR count). The second-order valence-electron chi connectivity index (χ2n) is 0.934. The third-order valence-corrected chi connectivity index (χ3v) is 1.65. The second kappa shape index (κ2) is 3.66. The smallest absolute Gasteiger partial charge is 0.383 e. The molecule has 0 bridgehead atoms. The molecule has 0 spiro atoms. The molecule has 56 valence electrons. The maximum Gasteiger partial charge on any atom is 1.00 e. The van der Waals surface area contributed by atoms with Crippen molar-refractivity contribution in [2.24, 2.45) is 0 Å². The van der Waals surface area contributed by atoms with Crippen molar-refractivity contribution in [1.29, 1.82) is 0 Å². The van der Waals surface area contributed by atoms with Gasteiger partial charge in [-0.2, -0.15) is 0 Å².